The van der Waals surface area contributed by atoms with Crippen molar-refractivity contribution < 1.29 is 0 Å². The molecular formula is C17H21N3. The fourth-order valence-electron chi connectivity index (χ4n) is 2.84. The zero-order chi connectivity index (χ0) is 13.8. The maximum absolute atomic E-state index is 4.31. The van der Waals surface area contributed by atoms with E-state index in [1.807, 2.05) is 12.3 Å². The first kappa shape index (κ1) is 13.0. The lowest BCUT2D eigenvalue weighted by Crippen LogP contribution is -2.06. The molecule has 0 amide bonds. The van der Waals surface area contributed by atoms with Gasteiger partial charge in [-0.3, -0.25) is 0 Å². The van der Waals surface area contributed by atoms with Gasteiger partial charge in [-0.25, -0.2) is 4.98 Å². The molecule has 0 saturated carbocycles. The molecular weight excluding hydrogens is 246 g/mol. The van der Waals surface area contributed by atoms with Gasteiger partial charge in [-0.2, -0.15) is 0 Å². The maximum Gasteiger partial charge on any atom is 0.127 e. The number of benzene rings is 1. The molecule has 0 bridgehead atoms. The quantitative estimate of drug-likeness (QED) is 0.874. The molecule has 0 unspecified atom stereocenters. The lowest BCUT2D eigenvalue weighted by atomic mass is 9.90. The highest BCUT2D eigenvalue weighted by atomic mass is 15.0. The number of rotatable bonds is 4. The number of hydrogen-bond acceptors (Lipinski definition) is 3. The van der Waals surface area contributed by atoms with Gasteiger partial charge in [0.25, 0.3) is 0 Å². The number of pyridine rings is 1. The van der Waals surface area contributed by atoms with Gasteiger partial charge in [-0.05, 0) is 55.9 Å². The van der Waals surface area contributed by atoms with Gasteiger partial charge < -0.3 is 10.6 Å². The van der Waals surface area contributed by atoms with E-state index < -0.39 is 0 Å². The highest BCUT2D eigenvalue weighted by Gasteiger charge is 2.12. The second-order valence-electron chi connectivity index (χ2n) is 5.24. The summed E-state index contributed by atoms with van der Waals surface area (Å²) in [7, 11) is 0. The molecule has 20 heavy (non-hydrogen) atoms. The summed E-state index contributed by atoms with van der Waals surface area (Å²) >= 11 is 0. The van der Waals surface area contributed by atoms with Crippen LogP contribution in [0.5, 0.6) is 0 Å². The molecule has 0 spiro atoms. The molecule has 1 heterocycles. The monoisotopic (exact) mass is 267 g/mol. The normalized spacial score (nSPS) is 13.7. The van der Waals surface area contributed by atoms with Crippen LogP contribution in [-0.2, 0) is 12.8 Å². The maximum atomic E-state index is 4.31. The van der Waals surface area contributed by atoms with E-state index in [2.05, 4.69) is 46.8 Å². The van der Waals surface area contributed by atoms with Crippen LogP contribution in [0.15, 0.2) is 36.5 Å². The van der Waals surface area contributed by atoms with Crippen molar-refractivity contribution in [3.8, 4) is 0 Å². The molecule has 0 radical (unpaired) electrons. The Hall–Kier alpha value is -2.03. The predicted octanol–water partition coefficient (Wildman–Crippen LogP) is 4.14. The highest BCUT2D eigenvalue weighted by molar-refractivity contribution is 5.66. The molecule has 1 aliphatic rings. The van der Waals surface area contributed by atoms with E-state index in [9.17, 15) is 0 Å². The van der Waals surface area contributed by atoms with Crippen molar-refractivity contribution in [3.63, 3.8) is 0 Å². The highest BCUT2D eigenvalue weighted by Crippen LogP contribution is 2.30. The van der Waals surface area contributed by atoms with E-state index >= 15 is 0 Å². The average Bonchev–Trinajstić information content (AvgIpc) is 2.48. The number of aromatic nitrogens is 1. The molecule has 1 aromatic carbocycles. The van der Waals surface area contributed by atoms with Crippen molar-refractivity contribution in [2.75, 3.05) is 17.2 Å². The molecule has 0 fully saturated rings. The van der Waals surface area contributed by atoms with Crippen LogP contribution in [0.3, 0.4) is 0 Å². The summed E-state index contributed by atoms with van der Waals surface area (Å²) in [5.41, 5.74) is 5.33. The van der Waals surface area contributed by atoms with E-state index in [0.717, 1.165) is 18.1 Å². The molecule has 2 aromatic rings. The Bertz CT molecular complexity index is 593. The van der Waals surface area contributed by atoms with Crippen LogP contribution in [-0.4, -0.2) is 11.5 Å². The molecule has 3 rings (SSSR count). The van der Waals surface area contributed by atoms with Crippen LogP contribution >= 0.6 is 0 Å². The molecule has 3 nitrogen and oxygen atoms in total. The first-order valence-electron chi connectivity index (χ1n) is 7.44. The Balaban J connectivity index is 1.86. The number of aryl methyl sites for hydroxylation is 1. The summed E-state index contributed by atoms with van der Waals surface area (Å²) in [6.07, 6.45) is 6.85. The van der Waals surface area contributed by atoms with Crippen LogP contribution < -0.4 is 10.6 Å². The minimum Gasteiger partial charge on any atom is -0.370 e. The van der Waals surface area contributed by atoms with Crippen LogP contribution in [0.2, 0.25) is 0 Å². The minimum atomic E-state index is 0.886. The molecule has 2 N–H and O–H groups in total. The van der Waals surface area contributed by atoms with Crippen molar-refractivity contribution >= 4 is 17.2 Å². The van der Waals surface area contributed by atoms with Crippen molar-refractivity contribution in [1.29, 1.82) is 0 Å². The van der Waals surface area contributed by atoms with E-state index in [-0.39, 0.29) is 0 Å². The third-order valence-electron chi connectivity index (χ3n) is 3.79. The zero-order valence-electron chi connectivity index (χ0n) is 11.9. The van der Waals surface area contributed by atoms with Crippen LogP contribution in [0.4, 0.5) is 17.2 Å². The van der Waals surface area contributed by atoms with Gasteiger partial charge in [0.15, 0.2) is 0 Å². The van der Waals surface area contributed by atoms with Gasteiger partial charge in [0, 0.05) is 30.2 Å². The molecule has 104 valence electrons. The number of nitrogens with zero attached hydrogens (tertiary/aromatic N) is 1. The first-order valence-corrected chi connectivity index (χ1v) is 7.44. The molecule has 0 aliphatic heterocycles. The van der Waals surface area contributed by atoms with Gasteiger partial charge >= 0.3 is 0 Å². The van der Waals surface area contributed by atoms with Gasteiger partial charge in [-0.1, -0.05) is 12.1 Å². The lowest BCUT2D eigenvalue weighted by Gasteiger charge is -2.20. The Morgan fingerprint density at radius 1 is 1.15 bits per heavy atom. The second-order valence-corrected chi connectivity index (χ2v) is 5.24. The van der Waals surface area contributed by atoms with Gasteiger partial charge in [0.2, 0.25) is 0 Å². The largest absolute Gasteiger partial charge is 0.370 e. The standard InChI is InChI=1S/C17H21N3/c1-2-18-17-12-14(10-11-19-17)20-16-9-5-7-13-6-3-4-8-15(13)16/h5,7,9-12H,2-4,6,8H2,1H3,(H2,18,19,20). The first-order chi connectivity index (χ1) is 9.86. The summed E-state index contributed by atoms with van der Waals surface area (Å²) in [4.78, 5) is 4.31. The van der Waals surface area contributed by atoms with Gasteiger partial charge in [-0.15, -0.1) is 0 Å². The summed E-state index contributed by atoms with van der Waals surface area (Å²) in [5, 5.41) is 6.80. The molecule has 3 heteroatoms. The third-order valence-corrected chi connectivity index (χ3v) is 3.79. The third kappa shape index (κ3) is 2.77. The van der Waals surface area contributed by atoms with Crippen molar-refractivity contribution in [1.82, 2.24) is 4.98 Å². The zero-order valence-corrected chi connectivity index (χ0v) is 11.9. The SMILES string of the molecule is CCNc1cc(Nc2cccc3c2CCCC3)ccn1. The van der Waals surface area contributed by atoms with Crippen LogP contribution in [0, 0.1) is 0 Å². The average molecular weight is 267 g/mol. The van der Waals surface area contributed by atoms with Crippen LogP contribution in [0.25, 0.3) is 0 Å². The Kier molecular flexibility index (Phi) is 3.86. The smallest absolute Gasteiger partial charge is 0.127 e. The van der Waals surface area contributed by atoms with Gasteiger partial charge in [0.1, 0.15) is 5.82 Å². The Morgan fingerprint density at radius 3 is 2.95 bits per heavy atom. The van der Waals surface area contributed by atoms with E-state index in [4.69, 9.17) is 0 Å². The second kappa shape index (κ2) is 5.95. The molecule has 1 aromatic heterocycles. The topological polar surface area (TPSA) is 37.0 Å². The predicted molar refractivity (Wildman–Crippen MR) is 84.8 cm³/mol. The Labute approximate surface area is 120 Å². The summed E-state index contributed by atoms with van der Waals surface area (Å²) in [5.74, 6) is 0.919. The number of fused-ring (bicyclic) bond motifs is 1. The molecule has 0 atom stereocenters. The number of nitrogens with one attached hydrogen (secondary N) is 2. The summed E-state index contributed by atoms with van der Waals surface area (Å²) in [6, 6.07) is 10.7. The van der Waals surface area contributed by atoms with Crippen molar-refractivity contribution in [2.45, 2.75) is 32.6 Å². The van der Waals surface area contributed by atoms with E-state index in [0.29, 0.717) is 0 Å². The van der Waals surface area contributed by atoms with Crippen molar-refractivity contribution in [3.05, 3.63) is 47.7 Å². The summed E-state index contributed by atoms with van der Waals surface area (Å²) in [6.45, 7) is 2.96. The Morgan fingerprint density at radius 2 is 2.05 bits per heavy atom. The van der Waals surface area contributed by atoms with E-state index in [1.54, 1.807) is 0 Å². The van der Waals surface area contributed by atoms with Gasteiger partial charge in [0.05, 0.1) is 0 Å². The summed E-state index contributed by atoms with van der Waals surface area (Å²) < 4.78 is 0. The fourth-order valence-corrected chi connectivity index (χ4v) is 2.84. The molecule has 0 saturated heterocycles. The molecule has 1 aliphatic carbocycles. The van der Waals surface area contributed by atoms with Crippen LogP contribution in [0.1, 0.15) is 30.9 Å². The fraction of sp³-hybridized carbons (Fsp3) is 0.353. The minimum absolute atomic E-state index is 0.886. The number of hydrogen-bond donors (Lipinski definition) is 2. The van der Waals surface area contributed by atoms with E-state index in [1.165, 1.54) is 42.5 Å². The van der Waals surface area contributed by atoms with Crippen molar-refractivity contribution in [2.24, 2.45) is 0 Å². The lowest BCUT2D eigenvalue weighted by molar-refractivity contribution is 0.687. The number of anilines is 3.